The number of anilines is 1. The summed E-state index contributed by atoms with van der Waals surface area (Å²) >= 11 is 0. The highest BCUT2D eigenvalue weighted by Crippen LogP contribution is 2.30. The molecule has 2 heterocycles. The number of amides is 1. The predicted molar refractivity (Wildman–Crippen MR) is 94.1 cm³/mol. The van der Waals surface area contributed by atoms with E-state index in [9.17, 15) is 4.79 Å². The lowest BCUT2D eigenvalue weighted by Crippen LogP contribution is -2.19. The summed E-state index contributed by atoms with van der Waals surface area (Å²) in [7, 11) is 3.13. The lowest BCUT2D eigenvalue weighted by Gasteiger charge is -2.17. The lowest BCUT2D eigenvalue weighted by molar-refractivity contribution is -0.116. The molecule has 1 atom stereocenters. The SMILES string of the molecule is COc1ccc(OC)c(NC(=O)C[C@@H](c2ccco2)n2cccc2)c1. The highest BCUT2D eigenvalue weighted by Gasteiger charge is 2.20. The van der Waals surface area contributed by atoms with Crippen LogP contribution >= 0.6 is 0 Å². The van der Waals surface area contributed by atoms with Crippen molar-refractivity contribution in [2.75, 3.05) is 19.5 Å². The van der Waals surface area contributed by atoms with Gasteiger partial charge in [0.25, 0.3) is 0 Å². The fourth-order valence-electron chi connectivity index (χ4n) is 2.68. The van der Waals surface area contributed by atoms with E-state index in [1.54, 1.807) is 38.7 Å². The van der Waals surface area contributed by atoms with Gasteiger partial charge in [0.15, 0.2) is 0 Å². The molecule has 1 N–H and O–H groups in total. The van der Waals surface area contributed by atoms with E-state index in [2.05, 4.69) is 5.32 Å². The van der Waals surface area contributed by atoms with Crippen LogP contribution in [0.3, 0.4) is 0 Å². The summed E-state index contributed by atoms with van der Waals surface area (Å²) < 4.78 is 18.0. The van der Waals surface area contributed by atoms with Gasteiger partial charge >= 0.3 is 0 Å². The summed E-state index contributed by atoms with van der Waals surface area (Å²) in [6, 6.07) is 12.6. The summed E-state index contributed by atoms with van der Waals surface area (Å²) in [4.78, 5) is 12.6. The van der Waals surface area contributed by atoms with Gasteiger partial charge in [0.1, 0.15) is 17.3 Å². The lowest BCUT2D eigenvalue weighted by atomic mass is 10.1. The molecule has 0 unspecified atom stereocenters. The van der Waals surface area contributed by atoms with Crippen molar-refractivity contribution < 1.29 is 18.7 Å². The number of nitrogens with zero attached hydrogens (tertiary/aromatic N) is 1. The third-order valence-electron chi connectivity index (χ3n) is 3.92. The van der Waals surface area contributed by atoms with E-state index in [1.807, 2.05) is 41.2 Å². The van der Waals surface area contributed by atoms with Gasteiger partial charge in [-0.1, -0.05) is 0 Å². The number of rotatable bonds is 7. The first-order valence-electron chi connectivity index (χ1n) is 7.89. The molecule has 6 nitrogen and oxygen atoms in total. The monoisotopic (exact) mass is 340 g/mol. The fraction of sp³-hybridized carbons (Fsp3) is 0.211. The summed E-state index contributed by atoms with van der Waals surface area (Å²) in [5, 5.41) is 2.89. The first-order valence-corrected chi connectivity index (χ1v) is 7.89. The number of ether oxygens (including phenoxy) is 2. The van der Waals surface area contributed by atoms with Gasteiger partial charge in [0, 0.05) is 18.5 Å². The Balaban J connectivity index is 1.79. The number of aromatic nitrogens is 1. The molecule has 130 valence electrons. The topological polar surface area (TPSA) is 65.6 Å². The number of carbonyl (C=O) groups is 1. The Hall–Kier alpha value is -3.15. The van der Waals surface area contributed by atoms with Crippen LogP contribution in [0.25, 0.3) is 0 Å². The van der Waals surface area contributed by atoms with E-state index in [4.69, 9.17) is 13.9 Å². The molecule has 0 spiro atoms. The van der Waals surface area contributed by atoms with Crippen molar-refractivity contribution >= 4 is 11.6 Å². The molecule has 6 heteroatoms. The van der Waals surface area contributed by atoms with Crippen molar-refractivity contribution in [3.05, 3.63) is 66.9 Å². The normalized spacial score (nSPS) is 11.8. The first-order chi connectivity index (χ1) is 12.2. The number of methoxy groups -OCH3 is 2. The van der Waals surface area contributed by atoms with Crippen LogP contribution in [0.5, 0.6) is 11.5 Å². The number of hydrogen-bond acceptors (Lipinski definition) is 4. The molecular weight excluding hydrogens is 320 g/mol. The smallest absolute Gasteiger partial charge is 0.227 e. The van der Waals surface area contributed by atoms with Gasteiger partial charge in [-0.25, -0.2) is 0 Å². The van der Waals surface area contributed by atoms with Gasteiger partial charge in [-0.3, -0.25) is 4.79 Å². The third-order valence-corrected chi connectivity index (χ3v) is 3.92. The Morgan fingerprint density at radius 2 is 1.96 bits per heavy atom. The molecule has 3 aromatic rings. The predicted octanol–water partition coefficient (Wildman–Crippen LogP) is 3.72. The largest absolute Gasteiger partial charge is 0.497 e. The molecule has 0 aliphatic rings. The zero-order chi connectivity index (χ0) is 17.6. The average molecular weight is 340 g/mol. The van der Waals surface area contributed by atoms with E-state index in [-0.39, 0.29) is 18.4 Å². The first kappa shape index (κ1) is 16.7. The van der Waals surface area contributed by atoms with Crippen molar-refractivity contribution in [2.45, 2.75) is 12.5 Å². The highest BCUT2D eigenvalue weighted by molar-refractivity contribution is 5.93. The number of nitrogens with one attached hydrogen (secondary N) is 1. The second kappa shape index (κ2) is 7.61. The molecule has 0 radical (unpaired) electrons. The maximum atomic E-state index is 12.6. The van der Waals surface area contributed by atoms with Gasteiger partial charge in [0.2, 0.25) is 5.91 Å². The van der Waals surface area contributed by atoms with Crippen LogP contribution in [0.2, 0.25) is 0 Å². The van der Waals surface area contributed by atoms with Crippen LogP contribution in [0.4, 0.5) is 5.69 Å². The maximum absolute atomic E-state index is 12.6. The Morgan fingerprint density at radius 1 is 1.16 bits per heavy atom. The van der Waals surface area contributed by atoms with E-state index < -0.39 is 0 Å². The second-order valence-corrected chi connectivity index (χ2v) is 5.48. The Kier molecular flexibility index (Phi) is 5.09. The fourth-order valence-corrected chi connectivity index (χ4v) is 2.68. The van der Waals surface area contributed by atoms with Gasteiger partial charge in [-0.2, -0.15) is 0 Å². The standard InChI is InChI=1S/C19H20N2O4/c1-23-14-7-8-17(24-2)15(12-14)20-19(22)13-16(18-6-5-11-25-18)21-9-3-4-10-21/h3-12,16H,13H2,1-2H3,(H,20,22)/t16-/m0/s1. The van der Waals surface area contributed by atoms with Crippen LogP contribution in [0, 0.1) is 0 Å². The van der Waals surface area contributed by atoms with E-state index in [1.165, 1.54) is 0 Å². The van der Waals surface area contributed by atoms with E-state index >= 15 is 0 Å². The summed E-state index contributed by atoms with van der Waals surface area (Å²) in [6.45, 7) is 0. The van der Waals surface area contributed by atoms with Crippen LogP contribution in [-0.2, 0) is 4.79 Å². The molecular formula is C19H20N2O4. The van der Waals surface area contributed by atoms with Crippen molar-refractivity contribution in [1.82, 2.24) is 4.57 Å². The molecule has 0 fully saturated rings. The Labute approximate surface area is 146 Å². The number of furan rings is 1. The number of benzene rings is 1. The third kappa shape index (κ3) is 3.85. The van der Waals surface area contributed by atoms with Crippen LogP contribution in [0.1, 0.15) is 18.2 Å². The zero-order valence-corrected chi connectivity index (χ0v) is 14.1. The molecule has 0 saturated heterocycles. The van der Waals surface area contributed by atoms with Crippen LogP contribution in [0.15, 0.2) is 65.5 Å². The number of hydrogen-bond donors (Lipinski definition) is 1. The summed E-state index contributed by atoms with van der Waals surface area (Å²) in [6.07, 6.45) is 5.65. The highest BCUT2D eigenvalue weighted by atomic mass is 16.5. The van der Waals surface area contributed by atoms with Crippen molar-refractivity contribution in [3.8, 4) is 11.5 Å². The Bertz CT molecular complexity index is 776. The summed E-state index contributed by atoms with van der Waals surface area (Å²) in [5.74, 6) is 1.79. The van der Waals surface area contributed by atoms with Gasteiger partial charge < -0.3 is 23.8 Å². The molecule has 0 aliphatic heterocycles. The molecule has 25 heavy (non-hydrogen) atoms. The van der Waals surface area contributed by atoms with Crippen molar-refractivity contribution in [2.24, 2.45) is 0 Å². The van der Waals surface area contributed by atoms with Crippen molar-refractivity contribution in [1.29, 1.82) is 0 Å². The number of carbonyl (C=O) groups excluding carboxylic acids is 1. The minimum absolute atomic E-state index is 0.151. The molecule has 1 aromatic carbocycles. The van der Waals surface area contributed by atoms with Crippen molar-refractivity contribution in [3.63, 3.8) is 0 Å². The van der Waals surface area contributed by atoms with Gasteiger partial charge in [-0.05, 0) is 36.4 Å². The molecule has 0 bridgehead atoms. The zero-order valence-electron chi connectivity index (χ0n) is 14.1. The average Bonchev–Trinajstić information content (AvgIpc) is 3.33. The van der Waals surface area contributed by atoms with E-state index in [0.717, 1.165) is 5.76 Å². The maximum Gasteiger partial charge on any atom is 0.227 e. The van der Waals surface area contributed by atoms with Gasteiger partial charge in [0.05, 0.1) is 38.6 Å². The molecule has 1 amide bonds. The Morgan fingerprint density at radius 3 is 2.60 bits per heavy atom. The van der Waals surface area contributed by atoms with Crippen LogP contribution in [-0.4, -0.2) is 24.7 Å². The second-order valence-electron chi connectivity index (χ2n) is 5.48. The summed E-state index contributed by atoms with van der Waals surface area (Å²) in [5.41, 5.74) is 0.567. The molecule has 2 aromatic heterocycles. The molecule has 0 aliphatic carbocycles. The minimum Gasteiger partial charge on any atom is -0.497 e. The quantitative estimate of drug-likeness (QED) is 0.712. The minimum atomic E-state index is -0.221. The molecule has 0 saturated carbocycles. The molecule has 3 rings (SSSR count). The van der Waals surface area contributed by atoms with Gasteiger partial charge in [-0.15, -0.1) is 0 Å². The van der Waals surface area contributed by atoms with E-state index in [0.29, 0.717) is 17.2 Å². The van der Waals surface area contributed by atoms with Crippen LogP contribution < -0.4 is 14.8 Å².